The molecule has 0 radical (unpaired) electrons. The molecule has 0 atom stereocenters. The molecule has 0 saturated heterocycles. The molecule has 2 heterocycles. The van der Waals surface area contributed by atoms with Crippen molar-refractivity contribution in [2.75, 3.05) is 7.11 Å². The second-order valence-corrected chi connectivity index (χ2v) is 5.68. The van der Waals surface area contributed by atoms with Gasteiger partial charge in [0.2, 0.25) is 0 Å². The van der Waals surface area contributed by atoms with Crippen LogP contribution in [0.1, 0.15) is 0 Å². The molecule has 28 heavy (non-hydrogen) atoms. The lowest BCUT2D eigenvalue weighted by molar-refractivity contribution is -0.603. The molecule has 0 amide bonds. The smallest absolute Gasteiger partial charge is 0.447 e. The molecule has 2 aromatic carbocycles. The molecule has 4 rings (SSSR count). The normalized spacial score (nSPS) is 10.3. The average molecular weight is 373 g/mol. The Bertz CT molecular complexity index is 982. The fourth-order valence-electron chi connectivity index (χ4n) is 2.40. The van der Waals surface area contributed by atoms with Crippen LogP contribution < -0.4 is 18.8 Å². The molecule has 0 bridgehead atoms. The summed E-state index contributed by atoms with van der Waals surface area (Å²) < 4.78 is 18.5. The lowest BCUT2D eigenvalue weighted by Gasteiger charge is -2.04. The van der Waals surface area contributed by atoms with E-state index < -0.39 is 0 Å². The fraction of sp³-hybridized carbons (Fsp3) is 0.0476. The number of methoxy groups -OCH3 is 1. The number of para-hydroxylation sites is 2. The average Bonchev–Trinajstić information content (AvgIpc) is 2.75. The Hall–Kier alpha value is -4.00. The zero-order valence-electron chi connectivity index (χ0n) is 15.1. The fourth-order valence-corrected chi connectivity index (χ4v) is 2.40. The van der Waals surface area contributed by atoms with Crippen LogP contribution in [0, 0.1) is 0 Å². The van der Waals surface area contributed by atoms with Gasteiger partial charge in [-0.2, -0.15) is 0 Å². The van der Waals surface area contributed by atoms with E-state index in [0.717, 1.165) is 5.75 Å². The van der Waals surface area contributed by atoms with Crippen LogP contribution in [0.5, 0.6) is 29.3 Å². The molecule has 0 aliphatic heterocycles. The summed E-state index contributed by atoms with van der Waals surface area (Å²) in [5.74, 6) is 2.32. The molecule has 7 heteroatoms. The van der Waals surface area contributed by atoms with Gasteiger partial charge in [-0.1, -0.05) is 36.4 Å². The van der Waals surface area contributed by atoms with Crippen molar-refractivity contribution in [3.05, 3.63) is 85.2 Å². The van der Waals surface area contributed by atoms with Crippen molar-refractivity contribution in [3.63, 3.8) is 0 Å². The molecule has 4 aromatic rings. The van der Waals surface area contributed by atoms with E-state index in [1.807, 2.05) is 60.7 Å². The van der Waals surface area contributed by atoms with Crippen molar-refractivity contribution in [1.82, 2.24) is 15.0 Å². The topological polar surface area (TPSA) is 70.2 Å². The predicted octanol–water partition coefficient (Wildman–Crippen LogP) is 3.74. The van der Waals surface area contributed by atoms with Crippen LogP contribution in [0.3, 0.4) is 0 Å². The van der Waals surface area contributed by atoms with E-state index in [1.54, 1.807) is 36.2 Å². The minimum absolute atomic E-state index is 0.130. The van der Waals surface area contributed by atoms with Gasteiger partial charge in [0, 0.05) is 12.1 Å². The Morgan fingerprint density at radius 1 is 0.607 bits per heavy atom. The summed E-state index contributed by atoms with van der Waals surface area (Å²) in [4.78, 5) is 13.1. The first-order valence-corrected chi connectivity index (χ1v) is 8.58. The van der Waals surface area contributed by atoms with Gasteiger partial charge in [-0.05, 0) is 34.2 Å². The van der Waals surface area contributed by atoms with Crippen molar-refractivity contribution in [3.8, 4) is 35.2 Å². The quantitative estimate of drug-likeness (QED) is 0.480. The molecule has 0 spiro atoms. The summed E-state index contributed by atoms with van der Waals surface area (Å²) in [6.45, 7) is 0. The molecule has 2 aromatic heterocycles. The van der Waals surface area contributed by atoms with E-state index in [1.165, 1.54) is 0 Å². The zero-order valence-corrected chi connectivity index (χ0v) is 15.1. The van der Waals surface area contributed by atoms with Crippen LogP contribution in [-0.2, 0) is 0 Å². The van der Waals surface area contributed by atoms with Gasteiger partial charge in [0.1, 0.15) is 17.2 Å². The van der Waals surface area contributed by atoms with E-state index in [2.05, 4.69) is 15.0 Å². The highest BCUT2D eigenvalue weighted by Gasteiger charge is 2.21. The third-order valence-electron chi connectivity index (χ3n) is 3.75. The van der Waals surface area contributed by atoms with Crippen molar-refractivity contribution >= 4 is 0 Å². The summed E-state index contributed by atoms with van der Waals surface area (Å²) in [6, 6.07) is 22.5. The number of rotatable bonds is 6. The molecule has 7 nitrogen and oxygen atoms in total. The predicted molar refractivity (Wildman–Crippen MR) is 101 cm³/mol. The zero-order chi connectivity index (χ0) is 19.2. The van der Waals surface area contributed by atoms with E-state index in [0.29, 0.717) is 17.4 Å². The molecular formula is C21H17N4O3+. The van der Waals surface area contributed by atoms with Crippen LogP contribution in [0.2, 0.25) is 0 Å². The molecule has 0 aliphatic carbocycles. The number of aromatic nitrogens is 4. The monoisotopic (exact) mass is 373 g/mol. The Morgan fingerprint density at radius 3 is 1.57 bits per heavy atom. The minimum atomic E-state index is 0.130. The SMILES string of the molecule is COc1cc[n+](-c2nc(Oc3ccccc3)nc(Oc3ccccc3)n2)cc1. The Balaban J connectivity index is 1.71. The molecular weight excluding hydrogens is 356 g/mol. The molecule has 0 saturated carbocycles. The summed E-state index contributed by atoms with van der Waals surface area (Å²) in [5, 5.41) is 0. The van der Waals surface area contributed by atoms with E-state index >= 15 is 0 Å². The number of nitrogens with zero attached hydrogens (tertiary/aromatic N) is 4. The van der Waals surface area contributed by atoms with Gasteiger partial charge in [0.25, 0.3) is 0 Å². The molecule has 0 N–H and O–H groups in total. The van der Waals surface area contributed by atoms with Gasteiger partial charge in [0.05, 0.1) is 19.5 Å². The second kappa shape index (κ2) is 8.13. The lowest BCUT2D eigenvalue weighted by Crippen LogP contribution is -2.32. The van der Waals surface area contributed by atoms with Crippen molar-refractivity contribution in [2.45, 2.75) is 0 Å². The van der Waals surface area contributed by atoms with Crippen molar-refractivity contribution in [2.24, 2.45) is 0 Å². The Kier molecular flexibility index (Phi) is 5.06. The standard InChI is InChI=1S/C21H17N4O3/c1-26-16-12-14-25(15-13-16)19-22-20(27-17-8-4-2-5-9-17)24-21(23-19)28-18-10-6-3-7-11-18/h2-15H,1H3/q+1. The highest BCUT2D eigenvalue weighted by molar-refractivity contribution is 5.27. The van der Waals surface area contributed by atoms with Crippen LogP contribution in [-0.4, -0.2) is 22.1 Å². The van der Waals surface area contributed by atoms with Gasteiger partial charge in [0.15, 0.2) is 0 Å². The first kappa shape index (κ1) is 17.4. The maximum absolute atomic E-state index is 5.78. The number of ether oxygens (including phenoxy) is 3. The van der Waals surface area contributed by atoms with E-state index in [9.17, 15) is 0 Å². The number of hydrogen-bond acceptors (Lipinski definition) is 6. The first-order valence-electron chi connectivity index (χ1n) is 8.58. The number of benzene rings is 2. The van der Waals surface area contributed by atoms with E-state index in [4.69, 9.17) is 14.2 Å². The van der Waals surface area contributed by atoms with Crippen molar-refractivity contribution in [1.29, 1.82) is 0 Å². The maximum atomic E-state index is 5.78. The number of pyridine rings is 1. The third kappa shape index (κ3) is 4.21. The summed E-state index contributed by atoms with van der Waals surface area (Å²) in [5.41, 5.74) is 0. The van der Waals surface area contributed by atoms with Crippen LogP contribution in [0.25, 0.3) is 5.95 Å². The van der Waals surface area contributed by atoms with Crippen LogP contribution >= 0.6 is 0 Å². The molecule has 138 valence electrons. The van der Waals surface area contributed by atoms with Gasteiger partial charge >= 0.3 is 18.0 Å². The molecule has 0 aliphatic rings. The maximum Gasteiger partial charge on any atom is 0.447 e. The van der Waals surface area contributed by atoms with Gasteiger partial charge < -0.3 is 14.2 Å². The highest BCUT2D eigenvalue weighted by atomic mass is 16.5. The van der Waals surface area contributed by atoms with Gasteiger partial charge in [-0.25, -0.2) is 4.57 Å². The summed E-state index contributed by atoms with van der Waals surface area (Å²) in [7, 11) is 1.61. The largest absolute Gasteiger partial charge is 0.497 e. The second-order valence-electron chi connectivity index (χ2n) is 5.68. The highest BCUT2D eigenvalue weighted by Crippen LogP contribution is 2.22. The Morgan fingerprint density at radius 2 is 1.11 bits per heavy atom. The first-order chi connectivity index (χ1) is 13.8. The van der Waals surface area contributed by atoms with Crippen molar-refractivity contribution < 1.29 is 18.8 Å². The Labute approximate surface area is 161 Å². The third-order valence-corrected chi connectivity index (χ3v) is 3.75. The molecule has 0 fully saturated rings. The van der Waals surface area contributed by atoms with Gasteiger partial charge in [-0.3, -0.25) is 0 Å². The van der Waals surface area contributed by atoms with Crippen LogP contribution in [0.4, 0.5) is 0 Å². The summed E-state index contributed by atoms with van der Waals surface area (Å²) >= 11 is 0. The summed E-state index contributed by atoms with van der Waals surface area (Å²) in [6.07, 6.45) is 3.57. The number of hydrogen-bond donors (Lipinski definition) is 0. The lowest BCUT2D eigenvalue weighted by atomic mass is 10.3. The van der Waals surface area contributed by atoms with Gasteiger partial charge in [-0.15, -0.1) is 4.98 Å². The van der Waals surface area contributed by atoms with Crippen LogP contribution in [0.15, 0.2) is 85.2 Å². The van der Waals surface area contributed by atoms with E-state index in [-0.39, 0.29) is 12.0 Å². The molecule has 0 unspecified atom stereocenters. The minimum Gasteiger partial charge on any atom is -0.497 e.